The molecule has 2 aromatic carbocycles. The summed E-state index contributed by atoms with van der Waals surface area (Å²) in [5.41, 5.74) is 9.30. The first-order valence-corrected chi connectivity index (χ1v) is 9.21. The molecule has 148 valence electrons. The van der Waals surface area contributed by atoms with Gasteiger partial charge >= 0.3 is 0 Å². The number of nitrogens with zero attached hydrogens (tertiary/aromatic N) is 4. The van der Waals surface area contributed by atoms with E-state index in [4.69, 9.17) is 22.1 Å². The molecule has 2 aromatic heterocycles. The van der Waals surface area contributed by atoms with Crippen molar-refractivity contribution in [1.82, 2.24) is 25.2 Å². The van der Waals surface area contributed by atoms with Crippen molar-refractivity contribution in [3.05, 3.63) is 53.2 Å². The van der Waals surface area contributed by atoms with E-state index in [0.29, 0.717) is 57.5 Å². The van der Waals surface area contributed by atoms with Gasteiger partial charge in [0.2, 0.25) is 0 Å². The van der Waals surface area contributed by atoms with Gasteiger partial charge < -0.3 is 15.8 Å². The molecular formula is C19H18ClN7O2. The summed E-state index contributed by atoms with van der Waals surface area (Å²) in [7, 11) is 1.78. The van der Waals surface area contributed by atoms with Crippen LogP contribution in [0.3, 0.4) is 0 Å². The summed E-state index contributed by atoms with van der Waals surface area (Å²) in [6, 6.07) is 10.4. The smallest absolute Gasteiger partial charge is 0.255 e. The van der Waals surface area contributed by atoms with Crippen molar-refractivity contribution in [1.29, 1.82) is 0 Å². The Balaban J connectivity index is 1.67. The molecule has 0 aliphatic heterocycles. The van der Waals surface area contributed by atoms with Crippen LogP contribution in [0.1, 0.15) is 10.4 Å². The third-order valence-electron chi connectivity index (χ3n) is 4.34. The first-order valence-electron chi connectivity index (χ1n) is 8.83. The number of fused-ring (bicyclic) bond motifs is 1. The zero-order valence-electron chi connectivity index (χ0n) is 15.5. The molecular weight excluding hydrogens is 394 g/mol. The van der Waals surface area contributed by atoms with Crippen molar-refractivity contribution in [2.24, 2.45) is 12.8 Å². The van der Waals surface area contributed by atoms with Crippen LogP contribution in [-0.4, -0.2) is 44.3 Å². The maximum atomic E-state index is 12.7. The number of hydrogen-bond donors (Lipinski definition) is 3. The van der Waals surface area contributed by atoms with Gasteiger partial charge in [-0.05, 0) is 36.4 Å². The Morgan fingerprint density at radius 3 is 2.83 bits per heavy atom. The molecule has 0 bridgehead atoms. The van der Waals surface area contributed by atoms with Crippen LogP contribution in [0.4, 0.5) is 5.69 Å². The van der Waals surface area contributed by atoms with Gasteiger partial charge in [-0.3, -0.25) is 9.48 Å². The Bertz CT molecular complexity index is 1160. The normalized spacial score (nSPS) is 11.0. The average Bonchev–Trinajstić information content (AvgIpc) is 3.32. The van der Waals surface area contributed by atoms with Gasteiger partial charge in [-0.1, -0.05) is 11.6 Å². The molecule has 9 nitrogen and oxygen atoms in total. The summed E-state index contributed by atoms with van der Waals surface area (Å²) in [6.07, 6.45) is 1.56. The Morgan fingerprint density at radius 2 is 2.07 bits per heavy atom. The van der Waals surface area contributed by atoms with Crippen LogP contribution in [-0.2, 0) is 7.05 Å². The molecule has 0 saturated carbocycles. The largest absolute Gasteiger partial charge is 0.492 e. The summed E-state index contributed by atoms with van der Waals surface area (Å²) >= 11 is 6.32. The molecule has 0 unspecified atom stereocenters. The van der Waals surface area contributed by atoms with Gasteiger partial charge in [0, 0.05) is 30.4 Å². The third-order valence-corrected chi connectivity index (χ3v) is 4.62. The molecule has 4 N–H and O–H groups in total. The van der Waals surface area contributed by atoms with Crippen LogP contribution >= 0.6 is 11.6 Å². The van der Waals surface area contributed by atoms with Crippen molar-refractivity contribution in [2.75, 3.05) is 18.5 Å². The van der Waals surface area contributed by atoms with Crippen molar-refractivity contribution in [3.8, 4) is 17.0 Å². The number of aryl methyl sites for hydroxylation is 1. The lowest BCUT2D eigenvalue weighted by molar-refractivity contribution is 0.102. The number of carbonyl (C=O) groups is 1. The van der Waals surface area contributed by atoms with Crippen molar-refractivity contribution >= 4 is 34.2 Å². The summed E-state index contributed by atoms with van der Waals surface area (Å²) in [5, 5.41) is 18.1. The minimum atomic E-state index is -0.271. The highest BCUT2D eigenvalue weighted by Crippen LogP contribution is 2.36. The maximum Gasteiger partial charge on any atom is 0.255 e. The molecule has 4 rings (SSSR count). The SMILES string of the molecule is Cn1ncc(Cl)c1-c1cc(NC(=O)c2ccc3n[nH]nc3c2)ccc1OCCN. The zero-order valence-corrected chi connectivity index (χ0v) is 16.3. The number of H-pyrrole nitrogens is 1. The fourth-order valence-electron chi connectivity index (χ4n) is 2.99. The molecule has 0 aliphatic carbocycles. The van der Waals surface area contributed by atoms with Crippen LogP contribution in [0.5, 0.6) is 5.75 Å². The fraction of sp³-hybridized carbons (Fsp3) is 0.158. The van der Waals surface area contributed by atoms with Crippen molar-refractivity contribution < 1.29 is 9.53 Å². The predicted molar refractivity (Wildman–Crippen MR) is 110 cm³/mol. The summed E-state index contributed by atoms with van der Waals surface area (Å²) < 4.78 is 7.40. The molecule has 0 atom stereocenters. The van der Waals surface area contributed by atoms with E-state index in [1.54, 1.807) is 54.3 Å². The van der Waals surface area contributed by atoms with Crippen molar-refractivity contribution in [3.63, 3.8) is 0 Å². The summed E-state index contributed by atoms with van der Waals surface area (Å²) in [6.45, 7) is 0.730. The number of benzene rings is 2. The summed E-state index contributed by atoms with van der Waals surface area (Å²) in [4.78, 5) is 12.7. The number of ether oxygens (including phenoxy) is 1. The Morgan fingerprint density at radius 1 is 1.24 bits per heavy atom. The lowest BCUT2D eigenvalue weighted by atomic mass is 10.1. The molecule has 0 radical (unpaired) electrons. The van der Waals surface area contributed by atoms with Gasteiger partial charge in [0.15, 0.2) is 0 Å². The van der Waals surface area contributed by atoms with Crippen molar-refractivity contribution in [2.45, 2.75) is 0 Å². The number of aromatic amines is 1. The van der Waals surface area contributed by atoms with Crippen LogP contribution in [0, 0.1) is 0 Å². The molecule has 29 heavy (non-hydrogen) atoms. The quantitative estimate of drug-likeness (QED) is 0.448. The van der Waals surface area contributed by atoms with Crippen LogP contribution in [0.15, 0.2) is 42.6 Å². The number of nitrogens with one attached hydrogen (secondary N) is 2. The fourth-order valence-corrected chi connectivity index (χ4v) is 3.25. The second kappa shape index (κ2) is 7.90. The van der Waals surface area contributed by atoms with E-state index >= 15 is 0 Å². The molecule has 2 heterocycles. The predicted octanol–water partition coefficient (Wildman–Crippen LogP) is 2.60. The molecule has 4 aromatic rings. The second-order valence-electron chi connectivity index (χ2n) is 6.29. The average molecular weight is 412 g/mol. The number of amides is 1. The van der Waals surface area contributed by atoms with Gasteiger partial charge in [0.05, 0.1) is 16.9 Å². The van der Waals surface area contributed by atoms with E-state index in [1.807, 2.05) is 0 Å². The third kappa shape index (κ3) is 3.78. The van der Waals surface area contributed by atoms with E-state index in [1.165, 1.54) is 0 Å². The standard InChI is InChI=1S/C19H18ClN7O2/c1-27-18(14(20)10-22-27)13-9-12(3-5-17(13)29-7-6-21)23-19(28)11-2-4-15-16(8-11)25-26-24-15/h2-5,8-10H,6-7,21H2,1H3,(H,23,28)(H,24,25,26). The minimum absolute atomic E-state index is 0.271. The first-order chi connectivity index (χ1) is 14.1. The number of anilines is 1. The van der Waals surface area contributed by atoms with E-state index < -0.39 is 0 Å². The lowest BCUT2D eigenvalue weighted by Gasteiger charge is -2.14. The second-order valence-corrected chi connectivity index (χ2v) is 6.70. The minimum Gasteiger partial charge on any atom is -0.492 e. The number of nitrogens with two attached hydrogens (primary N) is 1. The molecule has 10 heteroatoms. The monoisotopic (exact) mass is 411 g/mol. The zero-order chi connectivity index (χ0) is 20.4. The van der Waals surface area contributed by atoms with E-state index in [2.05, 4.69) is 25.8 Å². The summed E-state index contributed by atoms with van der Waals surface area (Å²) in [5.74, 6) is 0.329. The van der Waals surface area contributed by atoms with E-state index in [9.17, 15) is 4.79 Å². The number of aromatic nitrogens is 5. The number of rotatable bonds is 6. The van der Waals surface area contributed by atoms with Gasteiger partial charge in [0.25, 0.3) is 5.91 Å². The molecule has 0 saturated heterocycles. The van der Waals surface area contributed by atoms with Gasteiger partial charge in [0.1, 0.15) is 23.4 Å². The Kier molecular flexibility index (Phi) is 5.15. The number of carbonyl (C=O) groups excluding carboxylic acids is 1. The lowest BCUT2D eigenvalue weighted by Crippen LogP contribution is -2.13. The highest BCUT2D eigenvalue weighted by Gasteiger charge is 2.17. The highest BCUT2D eigenvalue weighted by atomic mass is 35.5. The van der Waals surface area contributed by atoms with Crippen LogP contribution in [0.2, 0.25) is 5.02 Å². The van der Waals surface area contributed by atoms with E-state index in [-0.39, 0.29) is 5.91 Å². The van der Waals surface area contributed by atoms with Gasteiger partial charge in [-0.15, -0.1) is 0 Å². The number of hydrogen-bond acceptors (Lipinski definition) is 6. The molecule has 0 aliphatic rings. The Labute approximate surface area is 170 Å². The first kappa shape index (κ1) is 18.9. The Hall–Kier alpha value is -3.43. The molecule has 0 fully saturated rings. The van der Waals surface area contributed by atoms with Gasteiger partial charge in [-0.25, -0.2) is 0 Å². The van der Waals surface area contributed by atoms with Crippen LogP contribution < -0.4 is 15.8 Å². The van der Waals surface area contributed by atoms with Gasteiger partial charge in [-0.2, -0.15) is 20.5 Å². The molecule has 1 amide bonds. The highest BCUT2D eigenvalue weighted by molar-refractivity contribution is 6.33. The van der Waals surface area contributed by atoms with E-state index in [0.717, 1.165) is 0 Å². The van der Waals surface area contributed by atoms with Crippen LogP contribution in [0.25, 0.3) is 22.3 Å². The molecule has 0 spiro atoms. The maximum absolute atomic E-state index is 12.7. The topological polar surface area (TPSA) is 124 Å². The number of halogens is 1.